The molecule has 0 amide bonds. The van der Waals surface area contributed by atoms with Crippen LogP contribution in [0.25, 0.3) is 0 Å². The first-order valence-electron chi connectivity index (χ1n) is 5.56. The number of nitrogens with two attached hydrogens (primary N) is 1. The first kappa shape index (κ1) is 14.5. The molecule has 2 aromatic rings. The van der Waals surface area contributed by atoms with Gasteiger partial charge in [-0.1, -0.05) is 11.8 Å². The smallest absolute Gasteiger partial charge is 0.417 e. The largest absolute Gasteiger partial charge is 0.468 e. The quantitative estimate of drug-likeness (QED) is 0.664. The fourth-order valence-corrected chi connectivity index (χ4v) is 2.54. The van der Waals surface area contributed by atoms with Gasteiger partial charge in [0.05, 0.1) is 16.7 Å². The van der Waals surface area contributed by atoms with Crippen LogP contribution in [0.2, 0.25) is 0 Å². The van der Waals surface area contributed by atoms with Crippen LogP contribution in [0.4, 0.5) is 13.2 Å². The molecular weight excluding hydrogens is 289 g/mol. The Balaban J connectivity index is 2.42. The molecule has 20 heavy (non-hydrogen) atoms. The van der Waals surface area contributed by atoms with Crippen molar-refractivity contribution in [1.82, 2.24) is 0 Å². The summed E-state index contributed by atoms with van der Waals surface area (Å²) in [5, 5.41) is 7.21. The number of benzene rings is 1. The first-order valence-corrected chi connectivity index (χ1v) is 6.38. The molecule has 0 aliphatic heterocycles. The Labute approximate surface area is 117 Å². The molecule has 1 aromatic heterocycles. The maximum atomic E-state index is 13.0. The van der Waals surface area contributed by atoms with Gasteiger partial charge in [-0.05, 0) is 31.2 Å². The van der Waals surface area contributed by atoms with Crippen molar-refractivity contribution < 1.29 is 17.6 Å². The number of halogens is 3. The standard InChI is InChI=1S/C13H11F3N2OS/c1-7-11(4-5-19-7)20-8-2-3-9(12(17)18)10(6-8)13(14,15)16/h2-6H,1H3,(H3,17,18). The molecule has 0 aliphatic carbocycles. The number of aryl methyl sites for hydroxylation is 1. The molecule has 1 aromatic carbocycles. The van der Waals surface area contributed by atoms with E-state index in [9.17, 15) is 13.2 Å². The van der Waals surface area contributed by atoms with Crippen LogP contribution in [-0.4, -0.2) is 5.84 Å². The SMILES string of the molecule is Cc1occc1Sc1ccc(C(=N)N)c(C(F)(F)F)c1. The molecule has 1 heterocycles. The molecule has 0 spiro atoms. The lowest BCUT2D eigenvalue weighted by atomic mass is 10.1. The molecule has 0 aliphatic rings. The van der Waals surface area contributed by atoms with Crippen molar-refractivity contribution in [3.05, 3.63) is 47.4 Å². The summed E-state index contributed by atoms with van der Waals surface area (Å²) in [7, 11) is 0. The fourth-order valence-electron chi connectivity index (χ4n) is 1.66. The van der Waals surface area contributed by atoms with Gasteiger partial charge in [-0.2, -0.15) is 13.2 Å². The van der Waals surface area contributed by atoms with Crippen LogP contribution in [0.5, 0.6) is 0 Å². The van der Waals surface area contributed by atoms with E-state index in [0.29, 0.717) is 10.7 Å². The summed E-state index contributed by atoms with van der Waals surface area (Å²) in [5.74, 6) is 0.0348. The van der Waals surface area contributed by atoms with Gasteiger partial charge < -0.3 is 10.2 Å². The topological polar surface area (TPSA) is 63.0 Å². The number of hydrogen-bond acceptors (Lipinski definition) is 3. The van der Waals surface area contributed by atoms with Crippen molar-refractivity contribution >= 4 is 17.6 Å². The Morgan fingerprint density at radius 3 is 2.50 bits per heavy atom. The number of nitrogens with one attached hydrogen (secondary N) is 1. The van der Waals surface area contributed by atoms with Gasteiger partial charge in [0.1, 0.15) is 11.6 Å². The maximum Gasteiger partial charge on any atom is 0.417 e. The van der Waals surface area contributed by atoms with E-state index in [1.54, 1.807) is 13.0 Å². The summed E-state index contributed by atoms with van der Waals surface area (Å²) < 4.78 is 44.0. The second-order valence-corrected chi connectivity index (χ2v) is 5.18. The summed E-state index contributed by atoms with van der Waals surface area (Å²) in [4.78, 5) is 1.15. The number of hydrogen-bond donors (Lipinski definition) is 2. The Hall–Kier alpha value is -1.89. The third kappa shape index (κ3) is 2.98. The Bertz CT molecular complexity index is 649. The van der Waals surface area contributed by atoms with Crippen LogP contribution in [0, 0.1) is 12.3 Å². The van der Waals surface area contributed by atoms with Crippen LogP contribution in [-0.2, 0) is 6.18 Å². The Morgan fingerprint density at radius 1 is 1.30 bits per heavy atom. The zero-order chi connectivity index (χ0) is 14.9. The molecule has 0 saturated carbocycles. The van der Waals surface area contributed by atoms with Gasteiger partial charge in [0, 0.05) is 10.5 Å². The van der Waals surface area contributed by atoms with Gasteiger partial charge in [-0.15, -0.1) is 0 Å². The highest BCUT2D eigenvalue weighted by Gasteiger charge is 2.34. The van der Waals surface area contributed by atoms with Gasteiger partial charge in [-0.3, -0.25) is 5.41 Å². The summed E-state index contributed by atoms with van der Waals surface area (Å²) in [6.07, 6.45) is -3.07. The molecule has 0 fully saturated rings. The van der Waals surface area contributed by atoms with E-state index in [4.69, 9.17) is 15.6 Å². The molecule has 0 unspecified atom stereocenters. The van der Waals surface area contributed by atoms with E-state index in [0.717, 1.165) is 11.0 Å². The third-order valence-corrected chi connectivity index (χ3v) is 3.76. The highest BCUT2D eigenvalue weighted by Crippen LogP contribution is 2.37. The normalized spacial score (nSPS) is 11.6. The van der Waals surface area contributed by atoms with Gasteiger partial charge in [0.2, 0.25) is 0 Å². The zero-order valence-electron chi connectivity index (χ0n) is 10.4. The first-order chi connectivity index (χ1) is 9.29. The molecular formula is C13H11F3N2OS. The summed E-state index contributed by atoms with van der Waals surface area (Å²) in [6, 6.07) is 5.39. The Morgan fingerprint density at radius 2 is 2.00 bits per heavy atom. The zero-order valence-corrected chi connectivity index (χ0v) is 11.2. The van der Waals surface area contributed by atoms with E-state index in [-0.39, 0.29) is 5.56 Å². The van der Waals surface area contributed by atoms with Crippen molar-refractivity contribution in [2.24, 2.45) is 5.73 Å². The lowest BCUT2D eigenvalue weighted by Gasteiger charge is -2.13. The second kappa shape index (κ2) is 5.24. The number of nitrogen functional groups attached to an aromatic ring is 1. The van der Waals surface area contributed by atoms with Gasteiger partial charge in [0.15, 0.2) is 0 Å². The average Bonchev–Trinajstić information content (AvgIpc) is 2.73. The summed E-state index contributed by atoms with van der Waals surface area (Å²) in [5.41, 5.74) is 3.96. The van der Waals surface area contributed by atoms with E-state index in [2.05, 4.69) is 0 Å². The van der Waals surface area contributed by atoms with Crippen LogP contribution in [0.3, 0.4) is 0 Å². The predicted octanol–water partition coefficient (Wildman–Crippen LogP) is 4.04. The Kier molecular flexibility index (Phi) is 3.80. The number of furan rings is 1. The number of amidine groups is 1. The average molecular weight is 300 g/mol. The van der Waals surface area contributed by atoms with Crippen molar-refractivity contribution in [2.75, 3.05) is 0 Å². The van der Waals surface area contributed by atoms with E-state index in [1.165, 1.54) is 30.2 Å². The number of rotatable bonds is 3. The van der Waals surface area contributed by atoms with Crippen LogP contribution >= 0.6 is 11.8 Å². The molecule has 0 radical (unpaired) electrons. The van der Waals surface area contributed by atoms with Crippen LogP contribution in [0.1, 0.15) is 16.9 Å². The molecule has 0 atom stereocenters. The minimum absolute atomic E-state index is 0.314. The summed E-state index contributed by atoms with van der Waals surface area (Å²) >= 11 is 1.17. The molecule has 2 rings (SSSR count). The molecule has 3 nitrogen and oxygen atoms in total. The minimum Gasteiger partial charge on any atom is -0.468 e. The van der Waals surface area contributed by atoms with Crippen molar-refractivity contribution in [3.8, 4) is 0 Å². The number of alkyl halides is 3. The highest BCUT2D eigenvalue weighted by atomic mass is 32.2. The van der Waals surface area contributed by atoms with E-state index in [1.807, 2.05) is 0 Å². The molecule has 3 N–H and O–H groups in total. The highest BCUT2D eigenvalue weighted by molar-refractivity contribution is 7.99. The van der Waals surface area contributed by atoms with Gasteiger partial charge in [-0.25, -0.2) is 0 Å². The lowest BCUT2D eigenvalue weighted by molar-refractivity contribution is -0.137. The lowest BCUT2D eigenvalue weighted by Crippen LogP contribution is -2.18. The van der Waals surface area contributed by atoms with Gasteiger partial charge >= 0.3 is 6.18 Å². The monoisotopic (exact) mass is 300 g/mol. The van der Waals surface area contributed by atoms with Crippen LogP contribution in [0.15, 0.2) is 44.7 Å². The molecule has 0 saturated heterocycles. The summed E-state index contributed by atoms with van der Waals surface area (Å²) in [6.45, 7) is 1.73. The van der Waals surface area contributed by atoms with Gasteiger partial charge in [0.25, 0.3) is 0 Å². The second-order valence-electron chi connectivity index (χ2n) is 4.06. The van der Waals surface area contributed by atoms with Crippen molar-refractivity contribution in [2.45, 2.75) is 22.9 Å². The fraction of sp³-hybridized carbons (Fsp3) is 0.154. The van der Waals surface area contributed by atoms with Crippen molar-refractivity contribution in [1.29, 1.82) is 5.41 Å². The minimum atomic E-state index is -4.55. The van der Waals surface area contributed by atoms with E-state index >= 15 is 0 Å². The van der Waals surface area contributed by atoms with Crippen molar-refractivity contribution in [3.63, 3.8) is 0 Å². The molecule has 106 valence electrons. The molecule has 0 bridgehead atoms. The predicted molar refractivity (Wildman–Crippen MR) is 70.0 cm³/mol. The van der Waals surface area contributed by atoms with E-state index < -0.39 is 17.6 Å². The maximum absolute atomic E-state index is 13.0. The van der Waals surface area contributed by atoms with Crippen LogP contribution < -0.4 is 5.73 Å². The molecule has 7 heteroatoms. The third-order valence-electron chi connectivity index (χ3n) is 2.63.